The lowest BCUT2D eigenvalue weighted by molar-refractivity contribution is -0.178. The molecular formula is C18H25F3N4O3. The molecule has 3 saturated heterocycles. The van der Waals surface area contributed by atoms with E-state index in [1.54, 1.807) is 4.90 Å². The second-order valence-electron chi connectivity index (χ2n) is 7.92. The van der Waals surface area contributed by atoms with E-state index in [1.807, 2.05) is 4.90 Å². The van der Waals surface area contributed by atoms with Crippen LogP contribution in [0.3, 0.4) is 0 Å². The van der Waals surface area contributed by atoms with Crippen molar-refractivity contribution in [2.24, 2.45) is 0 Å². The average molecular weight is 402 g/mol. The number of rotatable bonds is 2. The average Bonchev–Trinajstić information content (AvgIpc) is 3.20. The molecule has 1 aromatic rings. The molecule has 2 N–H and O–H groups in total. The number of hydrogen-bond donors (Lipinski definition) is 2. The highest BCUT2D eigenvalue weighted by Crippen LogP contribution is 2.38. The Morgan fingerprint density at radius 2 is 1.68 bits per heavy atom. The Hall–Kier alpha value is -1.65. The lowest BCUT2D eigenvalue weighted by atomic mass is 9.82. The molecule has 7 nitrogen and oxygen atoms in total. The molecule has 4 rings (SSSR count). The van der Waals surface area contributed by atoms with E-state index in [4.69, 9.17) is 4.74 Å². The third kappa shape index (κ3) is 3.90. The van der Waals surface area contributed by atoms with Gasteiger partial charge in [-0.2, -0.15) is 18.2 Å². The van der Waals surface area contributed by atoms with Crippen molar-refractivity contribution < 1.29 is 28.1 Å². The summed E-state index contributed by atoms with van der Waals surface area (Å²) in [6.07, 6.45) is -2.96. The first kappa shape index (κ1) is 19.7. The first-order valence-electron chi connectivity index (χ1n) is 9.72. The van der Waals surface area contributed by atoms with E-state index >= 15 is 0 Å². The first-order valence-corrected chi connectivity index (χ1v) is 9.72. The van der Waals surface area contributed by atoms with Crippen LogP contribution in [-0.2, 0) is 10.9 Å². The maximum atomic E-state index is 13.4. The molecule has 1 aromatic heterocycles. The second-order valence-corrected chi connectivity index (χ2v) is 7.92. The molecule has 0 amide bonds. The molecule has 28 heavy (non-hydrogen) atoms. The van der Waals surface area contributed by atoms with Gasteiger partial charge in [-0.3, -0.25) is 0 Å². The highest BCUT2D eigenvalue weighted by atomic mass is 19.4. The van der Waals surface area contributed by atoms with E-state index in [9.17, 15) is 23.4 Å². The Kier molecular flexibility index (Phi) is 5.13. The van der Waals surface area contributed by atoms with Gasteiger partial charge < -0.3 is 24.7 Å². The SMILES string of the molecule is O[C@@H]1CC2(CCN(c3cc(C(F)(F)F)nc(N4CCCC4)n3)CC2)OC[C@@H]1O. The number of aliphatic hydroxyl groups is 2. The number of ether oxygens (including phenoxy) is 1. The molecule has 3 aliphatic rings. The van der Waals surface area contributed by atoms with Gasteiger partial charge in [-0.05, 0) is 25.7 Å². The van der Waals surface area contributed by atoms with Crippen LogP contribution >= 0.6 is 0 Å². The van der Waals surface area contributed by atoms with Crippen molar-refractivity contribution in [2.45, 2.75) is 56.1 Å². The highest BCUT2D eigenvalue weighted by Gasteiger charge is 2.43. The van der Waals surface area contributed by atoms with Gasteiger partial charge in [0.1, 0.15) is 11.9 Å². The zero-order valence-corrected chi connectivity index (χ0v) is 15.5. The van der Waals surface area contributed by atoms with Gasteiger partial charge in [0.25, 0.3) is 0 Å². The minimum Gasteiger partial charge on any atom is -0.390 e. The summed E-state index contributed by atoms with van der Waals surface area (Å²) >= 11 is 0. The summed E-state index contributed by atoms with van der Waals surface area (Å²) in [4.78, 5) is 11.8. The van der Waals surface area contributed by atoms with Crippen LogP contribution in [0.25, 0.3) is 0 Å². The fourth-order valence-corrected chi connectivity index (χ4v) is 4.23. The van der Waals surface area contributed by atoms with Gasteiger partial charge in [-0.15, -0.1) is 0 Å². The van der Waals surface area contributed by atoms with E-state index in [0.717, 1.165) is 18.9 Å². The van der Waals surface area contributed by atoms with Gasteiger partial charge in [-0.25, -0.2) is 4.98 Å². The number of hydrogen-bond acceptors (Lipinski definition) is 7. The normalized spacial score (nSPS) is 28.2. The van der Waals surface area contributed by atoms with Gasteiger partial charge in [-0.1, -0.05) is 0 Å². The summed E-state index contributed by atoms with van der Waals surface area (Å²) in [5.41, 5.74) is -1.46. The van der Waals surface area contributed by atoms with Crippen LogP contribution in [0.4, 0.5) is 24.9 Å². The standard InChI is InChI=1S/C18H25F3N4O3/c19-18(20,21)14-9-15(23-16(22-14)25-5-1-2-6-25)24-7-3-17(4-8-24)10-12(26)13(27)11-28-17/h9,12-13,26-27H,1-8,10-11H2/t12-,13+/m1/s1. The van der Waals surface area contributed by atoms with E-state index in [0.29, 0.717) is 45.4 Å². The Labute approximate surface area is 161 Å². The molecule has 156 valence electrons. The molecule has 0 saturated carbocycles. The Balaban J connectivity index is 1.53. The highest BCUT2D eigenvalue weighted by molar-refractivity contribution is 5.47. The number of halogens is 3. The van der Waals surface area contributed by atoms with Crippen molar-refractivity contribution in [3.05, 3.63) is 11.8 Å². The topological polar surface area (TPSA) is 82.0 Å². The van der Waals surface area contributed by atoms with Crippen molar-refractivity contribution in [3.8, 4) is 0 Å². The van der Waals surface area contributed by atoms with E-state index < -0.39 is 29.7 Å². The molecule has 3 aliphatic heterocycles. The number of piperidine rings is 1. The summed E-state index contributed by atoms with van der Waals surface area (Å²) in [6, 6.07) is 1.01. The van der Waals surface area contributed by atoms with E-state index in [1.165, 1.54) is 0 Å². The number of alkyl halides is 3. The maximum Gasteiger partial charge on any atom is 0.433 e. The van der Waals surface area contributed by atoms with Gasteiger partial charge in [0.05, 0.1) is 18.3 Å². The van der Waals surface area contributed by atoms with Gasteiger partial charge >= 0.3 is 6.18 Å². The molecule has 4 heterocycles. The van der Waals surface area contributed by atoms with Crippen molar-refractivity contribution in [3.63, 3.8) is 0 Å². The van der Waals surface area contributed by atoms with Crippen molar-refractivity contribution in [2.75, 3.05) is 42.6 Å². The monoisotopic (exact) mass is 402 g/mol. The Morgan fingerprint density at radius 1 is 1.00 bits per heavy atom. The Bertz CT molecular complexity index is 704. The molecule has 0 bridgehead atoms. The van der Waals surface area contributed by atoms with Crippen molar-refractivity contribution in [1.29, 1.82) is 0 Å². The van der Waals surface area contributed by atoms with Crippen LogP contribution in [0.5, 0.6) is 0 Å². The van der Waals surface area contributed by atoms with Gasteiger partial charge in [0.15, 0.2) is 5.69 Å². The smallest absolute Gasteiger partial charge is 0.390 e. The molecule has 3 fully saturated rings. The van der Waals surface area contributed by atoms with Crippen LogP contribution in [0.2, 0.25) is 0 Å². The van der Waals surface area contributed by atoms with Gasteiger partial charge in [0, 0.05) is 38.7 Å². The van der Waals surface area contributed by atoms with Crippen molar-refractivity contribution >= 4 is 11.8 Å². The number of nitrogens with zero attached hydrogens (tertiary/aromatic N) is 4. The fourth-order valence-electron chi connectivity index (χ4n) is 4.23. The van der Waals surface area contributed by atoms with Crippen LogP contribution in [0, 0.1) is 0 Å². The third-order valence-corrected chi connectivity index (χ3v) is 5.96. The minimum absolute atomic E-state index is 0.0754. The van der Waals surface area contributed by atoms with Crippen LogP contribution in [-0.4, -0.2) is 70.8 Å². The summed E-state index contributed by atoms with van der Waals surface area (Å²) in [5.74, 6) is 0.408. The lowest BCUT2D eigenvalue weighted by Gasteiger charge is -2.46. The summed E-state index contributed by atoms with van der Waals surface area (Å²) in [6.45, 7) is 2.34. The third-order valence-electron chi connectivity index (χ3n) is 5.96. The predicted molar refractivity (Wildman–Crippen MR) is 95.2 cm³/mol. The first-order chi connectivity index (χ1) is 13.3. The second kappa shape index (κ2) is 7.31. The lowest BCUT2D eigenvalue weighted by Crippen LogP contribution is -2.54. The van der Waals surface area contributed by atoms with Crippen LogP contribution in [0.1, 0.15) is 37.8 Å². The quantitative estimate of drug-likeness (QED) is 0.777. The zero-order valence-electron chi connectivity index (χ0n) is 15.5. The van der Waals surface area contributed by atoms with Crippen LogP contribution in [0.15, 0.2) is 6.07 Å². The zero-order chi connectivity index (χ0) is 19.9. The molecule has 2 atom stereocenters. The Morgan fingerprint density at radius 3 is 2.29 bits per heavy atom. The molecule has 0 aliphatic carbocycles. The molecule has 0 unspecified atom stereocenters. The number of aliphatic hydroxyl groups excluding tert-OH is 2. The summed E-state index contributed by atoms with van der Waals surface area (Å²) in [7, 11) is 0. The molecule has 1 spiro atoms. The fraction of sp³-hybridized carbons (Fsp3) is 0.778. The largest absolute Gasteiger partial charge is 0.433 e. The minimum atomic E-state index is -4.53. The molecular weight excluding hydrogens is 377 g/mol. The molecule has 10 heteroatoms. The summed E-state index contributed by atoms with van der Waals surface area (Å²) in [5, 5.41) is 19.6. The number of anilines is 2. The van der Waals surface area contributed by atoms with Crippen LogP contribution < -0.4 is 9.80 Å². The maximum absolute atomic E-state index is 13.4. The van der Waals surface area contributed by atoms with E-state index in [-0.39, 0.29) is 18.4 Å². The van der Waals surface area contributed by atoms with Gasteiger partial charge in [0.2, 0.25) is 5.95 Å². The van der Waals surface area contributed by atoms with E-state index in [2.05, 4.69) is 9.97 Å². The molecule has 0 radical (unpaired) electrons. The van der Waals surface area contributed by atoms with Crippen molar-refractivity contribution in [1.82, 2.24) is 9.97 Å². The molecule has 0 aromatic carbocycles. The predicted octanol–water partition coefficient (Wildman–Crippen LogP) is 1.58. The number of aromatic nitrogens is 2. The summed E-state index contributed by atoms with van der Waals surface area (Å²) < 4.78 is 45.9.